The van der Waals surface area contributed by atoms with Crippen molar-refractivity contribution in [1.82, 2.24) is 4.98 Å². The van der Waals surface area contributed by atoms with Gasteiger partial charge in [0.25, 0.3) is 0 Å². The van der Waals surface area contributed by atoms with Crippen LogP contribution in [0.25, 0.3) is 11.3 Å². The zero-order valence-corrected chi connectivity index (χ0v) is 20.9. The minimum Gasteiger partial charge on any atom is -0.310 e. The fourth-order valence-electron chi connectivity index (χ4n) is 4.47. The lowest BCUT2D eigenvalue weighted by molar-refractivity contribution is 1.20. The summed E-state index contributed by atoms with van der Waals surface area (Å²) in [4.78, 5) is 11.5. The van der Waals surface area contributed by atoms with E-state index >= 15 is 0 Å². The first kappa shape index (κ1) is 23.9. The molecule has 0 unspecified atom stereocenters. The summed E-state index contributed by atoms with van der Waals surface area (Å²) in [5, 5.41) is 0. The molecular weight excluding hydrogens is 426 g/mol. The maximum absolute atomic E-state index is 4.57. The molecule has 0 aliphatic rings. The fraction of sp³-hybridized carbons (Fsp3) is 0.125. The summed E-state index contributed by atoms with van der Waals surface area (Å²) in [6, 6.07) is 27.5. The Labute approximate surface area is 208 Å². The predicted octanol–water partition coefficient (Wildman–Crippen LogP) is 8.65. The minimum atomic E-state index is 0.837. The molecule has 174 valence electrons. The molecule has 0 N–H and O–H groups in total. The van der Waals surface area contributed by atoms with Gasteiger partial charge in [0.05, 0.1) is 17.1 Å². The molecule has 0 aliphatic heterocycles. The van der Waals surface area contributed by atoms with E-state index in [1.54, 1.807) is 12.3 Å². The van der Waals surface area contributed by atoms with Gasteiger partial charge in [0.15, 0.2) is 0 Å². The van der Waals surface area contributed by atoms with E-state index in [0.717, 1.165) is 33.9 Å². The van der Waals surface area contributed by atoms with Gasteiger partial charge >= 0.3 is 0 Å². The first-order valence-corrected chi connectivity index (χ1v) is 11.8. The number of benzene rings is 3. The molecule has 4 aromatic rings. The van der Waals surface area contributed by atoms with Crippen LogP contribution in [0.3, 0.4) is 0 Å². The van der Waals surface area contributed by atoms with Gasteiger partial charge in [-0.25, -0.2) is 0 Å². The van der Waals surface area contributed by atoms with Crippen LogP contribution < -0.4 is 4.90 Å². The summed E-state index contributed by atoms with van der Waals surface area (Å²) in [6.45, 7) is 12.4. The SMILES string of the molecule is C=C/C(=N\C=C/C)c1cccc(N(c2cccc(-c3ccccn3)c2)c2c(C)cc(C)cc2C)c1. The lowest BCUT2D eigenvalue weighted by atomic mass is 10.0. The average molecular weight is 458 g/mol. The van der Waals surface area contributed by atoms with Crippen molar-refractivity contribution in [1.29, 1.82) is 0 Å². The van der Waals surface area contributed by atoms with E-state index in [2.05, 4.69) is 103 Å². The summed E-state index contributed by atoms with van der Waals surface area (Å²) in [7, 11) is 0. The number of nitrogens with zero attached hydrogens (tertiary/aromatic N) is 3. The number of hydrogen-bond donors (Lipinski definition) is 0. The molecule has 1 heterocycles. The molecule has 4 rings (SSSR count). The molecule has 3 nitrogen and oxygen atoms in total. The van der Waals surface area contributed by atoms with E-state index < -0.39 is 0 Å². The molecule has 0 aliphatic carbocycles. The van der Waals surface area contributed by atoms with Crippen molar-refractivity contribution in [3.05, 3.63) is 132 Å². The highest BCUT2D eigenvalue weighted by atomic mass is 15.1. The van der Waals surface area contributed by atoms with Crippen LogP contribution in [-0.2, 0) is 0 Å². The number of anilines is 3. The topological polar surface area (TPSA) is 28.5 Å². The fourth-order valence-corrected chi connectivity index (χ4v) is 4.47. The monoisotopic (exact) mass is 457 g/mol. The Bertz CT molecular complexity index is 1370. The Kier molecular flexibility index (Phi) is 7.37. The number of hydrogen-bond acceptors (Lipinski definition) is 3. The Morgan fingerprint density at radius 1 is 0.857 bits per heavy atom. The second-order valence-corrected chi connectivity index (χ2v) is 8.60. The van der Waals surface area contributed by atoms with Crippen LogP contribution in [0.15, 0.2) is 115 Å². The number of rotatable bonds is 7. The zero-order chi connectivity index (χ0) is 24.8. The highest BCUT2D eigenvalue weighted by Crippen LogP contribution is 2.40. The molecule has 0 saturated heterocycles. The Hall–Kier alpha value is -4.24. The molecule has 0 bridgehead atoms. The van der Waals surface area contributed by atoms with Gasteiger partial charge in [0.2, 0.25) is 0 Å². The quantitative estimate of drug-likeness (QED) is 0.260. The molecule has 0 fully saturated rings. The normalized spacial score (nSPS) is 11.6. The first-order valence-electron chi connectivity index (χ1n) is 11.8. The van der Waals surface area contributed by atoms with E-state index in [0.29, 0.717) is 0 Å². The van der Waals surface area contributed by atoms with Crippen LogP contribution >= 0.6 is 0 Å². The van der Waals surface area contributed by atoms with Crippen molar-refractivity contribution in [2.75, 3.05) is 4.90 Å². The third kappa shape index (κ3) is 5.30. The molecule has 35 heavy (non-hydrogen) atoms. The van der Waals surface area contributed by atoms with Gasteiger partial charge in [-0.3, -0.25) is 9.98 Å². The molecule has 0 saturated carbocycles. The van der Waals surface area contributed by atoms with Crippen LogP contribution in [0.5, 0.6) is 0 Å². The van der Waals surface area contributed by atoms with Crippen molar-refractivity contribution in [2.24, 2.45) is 4.99 Å². The smallest absolute Gasteiger partial charge is 0.0702 e. The molecule has 1 aromatic heterocycles. The lowest BCUT2D eigenvalue weighted by Gasteiger charge is -2.29. The maximum atomic E-state index is 4.57. The minimum absolute atomic E-state index is 0.837. The average Bonchev–Trinajstić information content (AvgIpc) is 2.87. The van der Waals surface area contributed by atoms with Gasteiger partial charge in [0.1, 0.15) is 0 Å². The second-order valence-electron chi connectivity index (χ2n) is 8.60. The second kappa shape index (κ2) is 10.8. The van der Waals surface area contributed by atoms with Gasteiger partial charge in [-0.2, -0.15) is 0 Å². The first-order chi connectivity index (χ1) is 17.0. The maximum Gasteiger partial charge on any atom is 0.0702 e. The summed E-state index contributed by atoms with van der Waals surface area (Å²) < 4.78 is 0. The summed E-state index contributed by atoms with van der Waals surface area (Å²) in [5.74, 6) is 0. The summed E-state index contributed by atoms with van der Waals surface area (Å²) in [5.41, 5.74) is 10.9. The van der Waals surface area contributed by atoms with Crippen LogP contribution in [0, 0.1) is 20.8 Å². The van der Waals surface area contributed by atoms with Crippen LogP contribution in [0.2, 0.25) is 0 Å². The molecule has 3 aromatic carbocycles. The third-order valence-corrected chi connectivity index (χ3v) is 5.88. The van der Waals surface area contributed by atoms with Crippen molar-refractivity contribution in [2.45, 2.75) is 27.7 Å². The van der Waals surface area contributed by atoms with Gasteiger partial charge in [0, 0.05) is 34.9 Å². The molecule has 0 atom stereocenters. The van der Waals surface area contributed by atoms with Crippen molar-refractivity contribution < 1.29 is 0 Å². The Balaban J connectivity index is 1.93. The van der Waals surface area contributed by atoms with E-state index in [9.17, 15) is 0 Å². The molecule has 0 amide bonds. The van der Waals surface area contributed by atoms with Gasteiger partial charge in [-0.1, -0.05) is 60.7 Å². The van der Waals surface area contributed by atoms with E-state index in [1.165, 1.54) is 22.4 Å². The van der Waals surface area contributed by atoms with Crippen LogP contribution in [0.4, 0.5) is 17.1 Å². The number of allylic oxidation sites excluding steroid dienone is 2. The summed E-state index contributed by atoms with van der Waals surface area (Å²) >= 11 is 0. The van der Waals surface area contributed by atoms with Gasteiger partial charge in [-0.15, -0.1) is 0 Å². The Morgan fingerprint density at radius 3 is 2.23 bits per heavy atom. The van der Waals surface area contributed by atoms with E-state index in [4.69, 9.17) is 0 Å². The predicted molar refractivity (Wildman–Crippen MR) is 150 cm³/mol. The third-order valence-electron chi connectivity index (χ3n) is 5.88. The standard InChI is InChI=1S/C32H31N3/c1-6-17-33-30(7-2)26-12-10-14-28(21-26)35(32-24(4)19-23(3)20-25(32)5)29-15-11-13-27(22-29)31-16-8-9-18-34-31/h6-22H,2H2,1,3-5H3/b17-6-,33-30+. The number of pyridine rings is 1. The summed E-state index contributed by atoms with van der Waals surface area (Å²) in [6.07, 6.45) is 7.35. The highest BCUT2D eigenvalue weighted by molar-refractivity contribution is 6.09. The van der Waals surface area contributed by atoms with E-state index in [1.807, 2.05) is 37.4 Å². The van der Waals surface area contributed by atoms with Crippen LogP contribution in [-0.4, -0.2) is 10.7 Å². The molecule has 0 spiro atoms. The van der Waals surface area contributed by atoms with Crippen molar-refractivity contribution in [3.63, 3.8) is 0 Å². The molecule has 0 radical (unpaired) electrons. The van der Waals surface area contributed by atoms with Gasteiger partial charge < -0.3 is 4.90 Å². The van der Waals surface area contributed by atoms with Crippen molar-refractivity contribution in [3.8, 4) is 11.3 Å². The number of aliphatic imine (C=N–C) groups is 1. The highest BCUT2D eigenvalue weighted by Gasteiger charge is 2.19. The zero-order valence-electron chi connectivity index (χ0n) is 20.9. The van der Waals surface area contributed by atoms with Crippen molar-refractivity contribution >= 4 is 22.8 Å². The van der Waals surface area contributed by atoms with Gasteiger partial charge in [-0.05, 0) is 81.3 Å². The largest absolute Gasteiger partial charge is 0.310 e. The lowest BCUT2D eigenvalue weighted by Crippen LogP contribution is -2.14. The molecule has 3 heteroatoms. The Morgan fingerprint density at radius 2 is 1.57 bits per heavy atom. The van der Waals surface area contributed by atoms with E-state index in [-0.39, 0.29) is 0 Å². The number of aryl methyl sites for hydroxylation is 3. The van der Waals surface area contributed by atoms with Crippen LogP contribution in [0.1, 0.15) is 29.2 Å². The number of aromatic nitrogens is 1. The molecular formula is C32H31N3.